The van der Waals surface area contributed by atoms with Gasteiger partial charge in [-0.25, -0.2) is 0 Å². The molecule has 0 saturated heterocycles. The van der Waals surface area contributed by atoms with Gasteiger partial charge in [-0.15, -0.1) is 11.3 Å². The maximum absolute atomic E-state index is 2.38. The van der Waals surface area contributed by atoms with E-state index in [1.807, 2.05) is 11.3 Å². The molecular formula is C42H30N2S. The van der Waals surface area contributed by atoms with Crippen molar-refractivity contribution < 1.29 is 0 Å². The first-order valence-corrected chi connectivity index (χ1v) is 16.0. The Balaban J connectivity index is 1.27. The molecule has 0 fully saturated rings. The smallest absolute Gasteiger partial charge is 0.0540 e. The summed E-state index contributed by atoms with van der Waals surface area (Å²) in [6.45, 7) is 0. The second-order valence-electron chi connectivity index (χ2n) is 11.0. The van der Waals surface area contributed by atoms with Crippen LogP contribution in [-0.4, -0.2) is 0 Å². The highest BCUT2D eigenvalue weighted by molar-refractivity contribution is 7.25. The maximum atomic E-state index is 2.38. The lowest BCUT2D eigenvalue weighted by atomic mass is 10.0. The molecule has 3 heteroatoms. The fourth-order valence-corrected chi connectivity index (χ4v) is 7.29. The zero-order valence-electron chi connectivity index (χ0n) is 24.6. The molecular weight excluding hydrogens is 565 g/mol. The van der Waals surface area contributed by atoms with Crippen LogP contribution in [0.3, 0.4) is 0 Å². The Labute approximate surface area is 267 Å². The highest BCUT2D eigenvalue weighted by Crippen LogP contribution is 2.45. The fourth-order valence-electron chi connectivity index (χ4n) is 6.17. The van der Waals surface area contributed by atoms with Gasteiger partial charge in [0.25, 0.3) is 0 Å². The van der Waals surface area contributed by atoms with Gasteiger partial charge in [-0.1, -0.05) is 109 Å². The number of rotatable bonds is 7. The van der Waals surface area contributed by atoms with Crippen LogP contribution in [0.15, 0.2) is 182 Å². The molecule has 0 N–H and O–H groups in total. The molecule has 0 aliphatic carbocycles. The lowest BCUT2D eigenvalue weighted by Crippen LogP contribution is -2.11. The minimum absolute atomic E-state index is 1.13. The van der Waals surface area contributed by atoms with Crippen molar-refractivity contribution in [2.45, 2.75) is 0 Å². The third-order valence-electron chi connectivity index (χ3n) is 8.23. The van der Waals surface area contributed by atoms with Crippen LogP contribution in [-0.2, 0) is 0 Å². The molecule has 0 spiro atoms. The maximum Gasteiger partial charge on any atom is 0.0540 e. The minimum atomic E-state index is 1.13. The van der Waals surface area contributed by atoms with Crippen molar-refractivity contribution in [1.82, 2.24) is 0 Å². The molecule has 0 unspecified atom stereocenters. The molecule has 2 nitrogen and oxygen atoms in total. The van der Waals surface area contributed by atoms with Crippen LogP contribution in [0.4, 0.5) is 34.1 Å². The van der Waals surface area contributed by atoms with E-state index in [9.17, 15) is 0 Å². The van der Waals surface area contributed by atoms with Crippen molar-refractivity contribution in [3.63, 3.8) is 0 Å². The Kier molecular flexibility index (Phi) is 7.07. The van der Waals surface area contributed by atoms with Gasteiger partial charge in [0, 0.05) is 54.2 Å². The predicted molar refractivity (Wildman–Crippen MR) is 194 cm³/mol. The molecule has 0 saturated carbocycles. The van der Waals surface area contributed by atoms with E-state index in [4.69, 9.17) is 0 Å². The summed E-state index contributed by atoms with van der Waals surface area (Å²) < 4.78 is 2.55. The largest absolute Gasteiger partial charge is 0.310 e. The number of thiophene rings is 1. The monoisotopic (exact) mass is 594 g/mol. The second-order valence-corrected chi connectivity index (χ2v) is 12.1. The summed E-state index contributed by atoms with van der Waals surface area (Å²) in [5.74, 6) is 0. The van der Waals surface area contributed by atoms with Crippen molar-refractivity contribution in [3.8, 4) is 11.1 Å². The SMILES string of the molecule is c1ccc(-c2ccccc2N(c2ccccc2)c2ccc3c(c2)sc2ccc(N(c4ccccc4)c4ccccc4)cc23)cc1. The molecule has 0 aliphatic heterocycles. The van der Waals surface area contributed by atoms with E-state index in [0.29, 0.717) is 0 Å². The minimum Gasteiger partial charge on any atom is -0.310 e. The molecule has 7 aromatic carbocycles. The number of anilines is 6. The first-order valence-electron chi connectivity index (χ1n) is 15.2. The Morgan fingerprint density at radius 3 is 1.49 bits per heavy atom. The average molecular weight is 595 g/mol. The van der Waals surface area contributed by atoms with Crippen molar-refractivity contribution >= 4 is 65.6 Å². The molecule has 0 aliphatic rings. The van der Waals surface area contributed by atoms with Crippen molar-refractivity contribution in [2.75, 3.05) is 9.80 Å². The first-order chi connectivity index (χ1) is 22.3. The number of hydrogen-bond donors (Lipinski definition) is 0. The van der Waals surface area contributed by atoms with Crippen LogP contribution in [0, 0.1) is 0 Å². The highest BCUT2D eigenvalue weighted by Gasteiger charge is 2.19. The van der Waals surface area contributed by atoms with Gasteiger partial charge in [-0.05, 0) is 78.4 Å². The van der Waals surface area contributed by atoms with E-state index in [0.717, 1.165) is 34.1 Å². The van der Waals surface area contributed by atoms with E-state index in [1.54, 1.807) is 0 Å². The zero-order chi connectivity index (χ0) is 30.0. The van der Waals surface area contributed by atoms with E-state index < -0.39 is 0 Å². The van der Waals surface area contributed by atoms with Crippen LogP contribution in [0.2, 0.25) is 0 Å². The fraction of sp³-hybridized carbons (Fsp3) is 0. The molecule has 8 aromatic rings. The van der Waals surface area contributed by atoms with Crippen molar-refractivity contribution in [3.05, 3.63) is 182 Å². The summed E-state index contributed by atoms with van der Waals surface area (Å²) >= 11 is 1.85. The van der Waals surface area contributed by atoms with E-state index in [1.165, 1.54) is 31.3 Å². The summed E-state index contributed by atoms with van der Waals surface area (Å²) in [7, 11) is 0. The molecule has 214 valence electrons. The topological polar surface area (TPSA) is 6.48 Å². The van der Waals surface area contributed by atoms with Crippen LogP contribution < -0.4 is 9.80 Å². The Morgan fingerprint density at radius 1 is 0.333 bits per heavy atom. The Morgan fingerprint density at radius 2 is 0.844 bits per heavy atom. The molecule has 0 atom stereocenters. The summed E-state index contributed by atoms with van der Waals surface area (Å²) in [5.41, 5.74) is 9.24. The predicted octanol–water partition coefficient (Wildman–Crippen LogP) is 12.7. The number of nitrogens with zero attached hydrogens (tertiary/aromatic N) is 2. The lowest BCUT2D eigenvalue weighted by Gasteiger charge is -2.28. The summed E-state index contributed by atoms with van der Waals surface area (Å²) in [4.78, 5) is 4.71. The molecule has 8 rings (SSSR count). The van der Waals surface area contributed by atoms with Gasteiger partial charge in [0.05, 0.1) is 5.69 Å². The van der Waals surface area contributed by atoms with E-state index in [-0.39, 0.29) is 0 Å². The van der Waals surface area contributed by atoms with Crippen LogP contribution in [0.5, 0.6) is 0 Å². The zero-order valence-corrected chi connectivity index (χ0v) is 25.4. The molecule has 45 heavy (non-hydrogen) atoms. The molecule has 1 heterocycles. The molecule has 0 bridgehead atoms. The molecule has 0 amide bonds. The van der Waals surface area contributed by atoms with Crippen LogP contribution in [0.1, 0.15) is 0 Å². The Bertz CT molecular complexity index is 2170. The van der Waals surface area contributed by atoms with Crippen molar-refractivity contribution in [1.29, 1.82) is 0 Å². The number of fused-ring (bicyclic) bond motifs is 3. The molecule has 0 radical (unpaired) electrons. The Hall–Kier alpha value is -5.64. The number of para-hydroxylation sites is 4. The normalized spacial score (nSPS) is 11.1. The quantitative estimate of drug-likeness (QED) is 0.181. The van der Waals surface area contributed by atoms with Gasteiger partial charge in [0.2, 0.25) is 0 Å². The standard InChI is InChI=1S/C42H30N2S/c1-5-15-31(16-6-1)37-23-13-14-24-40(37)44(34-21-11-4-12-22-34)36-25-27-38-39-29-35(26-28-41(39)45-42(38)30-36)43(32-17-7-2-8-18-32)33-19-9-3-10-20-33/h1-30H. The van der Waals surface area contributed by atoms with Gasteiger partial charge in [0.15, 0.2) is 0 Å². The average Bonchev–Trinajstić information content (AvgIpc) is 3.48. The van der Waals surface area contributed by atoms with Gasteiger partial charge < -0.3 is 9.80 Å². The third-order valence-corrected chi connectivity index (χ3v) is 9.36. The van der Waals surface area contributed by atoms with Crippen LogP contribution in [0.25, 0.3) is 31.3 Å². The summed E-state index contributed by atoms with van der Waals surface area (Å²) in [6.07, 6.45) is 0. The van der Waals surface area contributed by atoms with Gasteiger partial charge in [-0.2, -0.15) is 0 Å². The summed E-state index contributed by atoms with van der Waals surface area (Å²) in [5, 5.41) is 2.54. The lowest BCUT2D eigenvalue weighted by molar-refractivity contribution is 1.29. The highest BCUT2D eigenvalue weighted by atomic mass is 32.1. The molecule has 1 aromatic heterocycles. The van der Waals surface area contributed by atoms with Gasteiger partial charge in [-0.3, -0.25) is 0 Å². The third kappa shape index (κ3) is 5.14. The van der Waals surface area contributed by atoms with Crippen molar-refractivity contribution in [2.24, 2.45) is 0 Å². The van der Waals surface area contributed by atoms with Crippen LogP contribution >= 0.6 is 11.3 Å². The van der Waals surface area contributed by atoms with Gasteiger partial charge >= 0.3 is 0 Å². The van der Waals surface area contributed by atoms with Gasteiger partial charge in [0.1, 0.15) is 0 Å². The number of hydrogen-bond acceptors (Lipinski definition) is 3. The summed E-state index contributed by atoms with van der Waals surface area (Å²) in [6, 6.07) is 64.9. The first kappa shape index (κ1) is 26.9. The van der Waals surface area contributed by atoms with E-state index in [2.05, 4.69) is 192 Å². The van der Waals surface area contributed by atoms with E-state index >= 15 is 0 Å². The number of benzene rings is 7. The second kappa shape index (κ2) is 11.8.